The zero-order valence-corrected chi connectivity index (χ0v) is 9.81. The predicted octanol–water partition coefficient (Wildman–Crippen LogP) is 1.24. The highest BCUT2D eigenvalue weighted by molar-refractivity contribution is 9.10. The highest BCUT2D eigenvalue weighted by Crippen LogP contribution is 2.16. The van der Waals surface area contributed by atoms with Crippen LogP contribution in [0.15, 0.2) is 41.1 Å². The Labute approximate surface area is 100 Å². The second kappa shape index (κ2) is 4.46. The van der Waals surface area contributed by atoms with E-state index >= 15 is 0 Å². The van der Waals surface area contributed by atoms with Crippen LogP contribution in [0.1, 0.15) is 10.6 Å². The quantitative estimate of drug-likeness (QED) is 0.494. The first-order valence-corrected chi connectivity index (χ1v) is 5.32. The number of hydrogen-bond donors (Lipinski definition) is 2. The molecule has 5 nitrogen and oxygen atoms in total. The first-order chi connectivity index (χ1) is 7.72. The topological polar surface area (TPSA) is 72.9 Å². The number of nitrogens with two attached hydrogens (primary N) is 1. The molecule has 0 fully saturated rings. The van der Waals surface area contributed by atoms with Gasteiger partial charge in [0.25, 0.3) is 0 Å². The van der Waals surface area contributed by atoms with Crippen LogP contribution in [0.3, 0.4) is 0 Å². The summed E-state index contributed by atoms with van der Waals surface area (Å²) in [5, 5.41) is 0. The van der Waals surface area contributed by atoms with E-state index < -0.39 is 5.91 Å². The lowest BCUT2D eigenvalue weighted by Crippen LogP contribution is -2.32. The highest BCUT2D eigenvalue weighted by atomic mass is 79.9. The molecule has 1 aromatic carbocycles. The van der Waals surface area contributed by atoms with E-state index in [2.05, 4.69) is 26.3 Å². The van der Waals surface area contributed by atoms with Crippen LogP contribution in [0.5, 0.6) is 0 Å². The lowest BCUT2D eigenvalue weighted by atomic mass is 10.3. The number of imidazole rings is 1. The van der Waals surface area contributed by atoms with E-state index in [0.29, 0.717) is 0 Å². The summed E-state index contributed by atoms with van der Waals surface area (Å²) in [5.74, 6) is 4.90. The molecule has 3 N–H and O–H groups in total. The third-order valence-corrected chi connectivity index (χ3v) is 2.55. The average molecular weight is 281 g/mol. The third kappa shape index (κ3) is 1.98. The van der Waals surface area contributed by atoms with E-state index in [1.807, 2.05) is 24.3 Å². The molecule has 16 heavy (non-hydrogen) atoms. The summed E-state index contributed by atoms with van der Waals surface area (Å²) < 4.78 is 2.59. The SMILES string of the molecule is NNC(=O)c1nccn1-c1cccc(Br)c1. The van der Waals surface area contributed by atoms with Crippen molar-refractivity contribution < 1.29 is 4.79 Å². The van der Waals surface area contributed by atoms with Crippen LogP contribution in [0.25, 0.3) is 5.69 Å². The van der Waals surface area contributed by atoms with Crippen LogP contribution in [-0.4, -0.2) is 15.5 Å². The van der Waals surface area contributed by atoms with Crippen LogP contribution >= 0.6 is 15.9 Å². The molecule has 0 atom stereocenters. The van der Waals surface area contributed by atoms with Crippen molar-refractivity contribution in [3.05, 3.63) is 47.0 Å². The van der Waals surface area contributed by atoms with Crippen molar-refractivity contribution in [3.8, 4) is 5.69 Å². The fraction of sp³-hybridized carbons (Fsp3) is 0. The molecule has 0 radical (unpaired) electrons. The number of benzene rings is 1. The van der Waals surface area contributed by atoms with Gasteiger partial charge >= 0.3 is 5.91 Å². The van der Waals surface area contributed by atoms with Gasteiger partial charge in [-0.25, -0.2) is 10.8 Å². The second-order valence-electron chi connectivity index (χ2n) is 3.07. The summed E-state index contributed by atoms with van der Waals surface area (Å²) in [4.78, 5) is 15.4. The molecule has 6 heteroatoms. The maximum absolute atomic E-state index is 11.4. The maximum atomic E-state index is 11.4. The van der Waals surface area contributed by atoms with Gasteiger partial charge in [-0.05, 0) is 18.2 Å². The number of hydrogen-bond acceptors (Lipinski definition) is 3. The van der Waals surface area contributed by atoms with Gasteiger partial charge in [0.1, 0.15) is 0 Å². The molecular weight excluding hydrogens is 272 g/mol. The van der Waals surface area contributed by atoms with Crippen LogP contribution in [0, 0.1) is 0 Å². The summed E-state index contributed by atoms with van der Waals surface area (Å²) in [6.45, 7) is 0. The van der Waals surface area contributed by atoms with Crippen molar-refractivity contribution in [2.75, 3.05) is 0 Å². The van der Waals surface area contributed by atoms with Crippen molar-refractivity contribution in [1.29, 1.82) is 0 Å². The van der Waals surface area contributed by atoms with Gasteiger partial charge < -0.3 is 0 Å². The van der Waals surface area contributed by atoms with Crippen LogP contribution in [-0.2, 0) is 0 Å². The fourth-order valence-electron chi connectivity index (χ4n) is 1.37. The molecule has 0 saturated carbocycles. The van der Waals surface area contributed by atoms with Crippen LogP contribution < -0.4 is 11.3 Å². The highest BCUT2D eigenvalue weighted by Gasteiger charge is 2.12. The lowest BCUT2D eigenvalue weighted by Gasteiger charge is -2.06. The van der Waals surface area contributed by atoms with Gasteiger partial charge in [-0.1, -0.05) is 22.0 Å². The zero-order chi connectivity index (χ0) is 11.5. The smallest absolute Gasteiger partial charge is 0.296 e. The largest absolute Gasteiger partial charge is 0.301 e. The van der Waals surface area contributed by atoms with Gasteiger partial charge in [-0.3, -0.25) is 14.8 Å². The molecule has 0 bridgehead atoms. The summed E-state index contributed by atoms with van der Waals surface area (Å²) in [7, 11) is 0. The number of carbonyl (C=O) groups excluding carboxylic acids is 1. The Hall–Kier alpha value is -1.66. The summed E-state index contributed by atoms with van der Waals surface area (Å²) >= 11 is 3.37. The van der Waals surface area contributed by atoms with Crippen LogP contribution in [0.4, 0.5) is 0 Å². The van der Waals surface area contributed by atoms with E-state index in [1.54, 1.807) is 17.0 Å². The first-order valence-electron chi connectivity index (χ1n) is 4.52. The number of hydrazine groups is 1. The molecule has 0 unspecified atom stereocenters. The lowest BCUT2D eigenvalue weighted by molar-refractivity contribution is 0.0941. The van der Waals surface area contributed by atoms with E-state index in [-0.39, 0.29) is 5.82 Å². The van der Waals surface area contributed by atoms with Crippen LogP contribution in [0.2, 0.25) is 0 Å². The van der Waals surface area contributed by atoms with Crippen molar-refractivity contribution in [2.24, 2.45) is 5.84 Å². The molecule has 2 aromatic rings. The minimum absolute atomic E-state index is 0.251. The molecular formula is C10H9BrN4O. The molecule has 1 heterocycles. The number of carbonyl (C=O) groups is 1. The normalized spacial score (nSPS) is 10.1. The maximum Gasteiger partial charge on any atom is 0.301 e. The number of aromatic nitrogens is 2. The summed E-state index contributed by atoms with van der Waals surface area (Å²) in [6, 6.07) is 7.54. The Morgan fingerprint density at radius 1 is 1.50 bits per heavy atom. The molecule has 0 saturated heterocycles. The molecule has 0 aliphatic heterocycles. The van der Waals surface area contributed by atoms with Gasteiger partial charge in [-0.15, -0.1) is 0 Å². The van der Waals surface area contributed by atoms with E-state index in [1.165, 1.54) is 0 Å². The number of nitrogen functional groups attached to an aromatic ring is 1. The zero-order valence-electron chi connectivity index (χ0n) is 8.22. The first kappa shape index (κ1) is 10.8. The predicted molar refractivity (Wildman–Crippen MR) is 62.9 cm³/mol. The molecule has 0 spiro atoms. The monoisotopic (exact) mass is 280 g/mol. The van der Waals surface area contributed by atoms with Gasteiger partial charge in [-0.2, -0.15) is 0 Å². The van der Waals surface area contributed by atoms with E-state index in [9.17, 15) is 4.79 Å². The van der Waals surface area contributed by atoms with Crippen molar-refractivity contribution >= 4 is 21.8 Å². The number of nitrogens with zero attached hydrogens (tertiary/aromatic N) is 2. The molecule has 2 rings (SSSR count). The Kier molecular flexibility index (Phi) is 3.02. The molecule has 1 amide bonds. The Morgan fingerprint density at radius 3 is 3.00 bits per heavy atom. The number of halogens is 1. The molecule has 0 aliphatic rings. The fourth-order valence-corrected chi connectivity index (χ4v) is 1.76. The van der Waals surface area contributed by atoms with E-state index in [0.717, 1.165) is 10.2 Å². The van der Waals surface area contributed by atoms with Gasteiger partial charge in [0.2, 0.25) is 5.82 Å². The number of nitrogens with one attached hydrogen (secondary N) is 1. The average Bonchev–Trinajstić information content (AvgIpc) is 2.77. The second-order valence-corrected chi connectivity index (χ2v) is 3.99. The standard InChI is InChI=1S/C10H9BrN4O/c11-7-2-1-3-8(6-7)15-5-4-13-9(15)10(16)14-12/h1-6H,12H2,(H,14,16). The summed E-state index contributed by atoms with van der Waals surface area (Å²) in [6.07, 6.45) is 3.25. The van der Waals surface area contributed by atoms with Gasteiger partial charge in [0, 0.05) is 22.6 Å². The number of rotatable bonds is 2. The Balaban J connectivity index is 2.48. The molecule has 82 valence electrons. The molecule has 1 aromatic heterocycles. The Morgan fingerprint density at radius 2 is 2.31 bits per heavy atom. The van der Waals surface area contributed by atoms with Crippen molar-refractivity contribution in [3.63, 3.8) is 0 Å². The van der Waals surface area contributed by atoms with Crippen molar-refractivity contribution in [1.82, 2.24) is 15.0 Å². The summed E-state index contributed by atoms with van der Waals surface area (Å²) in [5.41, 5.74) is 2.90. The minimum Gasteiger partial charge on any atom is -0.296 e. The number of amides is 1. The van der Waals surface area contributed by atoms with Gasteiger partial charge in [0.05, 0.1) is 0 Å². The van der Waals surface area contributed by atoms with Crippen molar-refractivity contribution in [2.45, 2.75) is 0 Å². The third-order valence-electron chi connectivity index (χ3n) is 2.06. The van der Waals surface area contributed by atoms with Gasteiger partial charge in [0.15, 0.2) is 0 Å². The Bertz CT molecular complexity index is 523. The molecule has 0 aliphatic carbocycles. The van der Waals surface area contributed by atoms with E-state index in [4.69, 9.17) is 5.84 Å². The minimum atomic E-state index is -0.426.